The van der Waals surface area contributed by atoms with Crippen LogP contribution >= 0.6 is 0 Å². The normalized spacial score (nSPS) is 17.9. The fraction of sp³-hybridized carbons (Fsp3) is 0.357. The Kier molecular flexibility index (Phi) is 3.39. The minimum Gasteiger partial charge on any atom is -0.488 e. The summed E-state index contributed by atoms with van der Waals surface area (Å²) in [6.07, 6.45) is 1.87. The lowest BCUT2D eigenvalue weighted by Gasteiger charge is -2.21. The predicted octanol–water partition coefficient (Wildman–Crippen LogP) is 1.88. The topological polar surface area (TPSA) is 50.4 Å². The molecular weight excluding hydrogens is 228 g/mol. The molecule has 0 unspecified atom stereocenters. The molecule has 0 radical (unpaired) electrons. The van der Waals surface area contributed by atoms with E-state index in [-0.39, 0.29) is 11.5 Å². The molecule has 0 aromatic heterocycles. The maximum Gasteiger partial charge on any atom is 0.262 e. The molecule has 1 aliphatic rings. The fourth-order valence-electron chi connectivity index (χ4n) is 1.68. The van der Waals surface area contributed by atoms with Gasteiger partial charge in [-0.25, -0.2) is 5.43 Å². The Morgan fingerprint density at radius 1 is 1.22 bits per heavy atom. The minimum atomic E-state index is -0.199. The van der Waals surface area contributed by atoms with E-state index in [4.69, 9.17) is 4.74 Å². The van der Waals surface area contributed by atoms with Crippen molar-refractivity contribution < 1.29 is 9.53 Å². The van der Waals surface area contributed by atoms with Crippen LogP contribution in [0.2, 0.25) is 0 Å². The summed E-state index contributed by atoms with van der Waals surface area (Å²) >= 11 is 0. The van der Waals surface area contributed by atoms with E-state index in [9.17, 15) is 4.79 Å². The molecule has 1 amide bonds. The van der Waals surface area contributed by atoms with Crippen LogP contribution in [0.1, 0.15) is 26.3 Å². The van der Waals surface area contributed by atoms with E-state index in [1.54, 1.807) is 0 Å². The van der Waals surface area contributed by atoms with Crippen LogP contribution in [0, 0.1) is 0 Å². The third-order valence-corrected chi connectivity index (χ3v) is 2.42. The van der Waals surface area contributed by atoms with Crippen molar-refractivity contribution >= 4 is 12.0 Å². The Balaban J connectivity index is 2.11. The van der Waals surface area contributed by atoms with E-state index >= 15 is 0 Å². The summed E-state index contributed by atoms with van der Waals surface area (Å²) in [5.74, 6) is 0.767. The highest BCUT2D eigenvalue weighted by atomic mass is 16.5. The lowest BCUT2D eigenvalue weighted by atomic mass is 10.1. The molecule has 0 atom stereocenters. The predicted molar refractivity (Wildman–Crippen MR) is 70.9 cm³/mol. The van der Waals surface area contributed by atoms with Crippen LogP contribution < -0.4 is 15.6 Å². The Hall–Kier alpha value is -1.81. The van der Waals surface area contributed by atoms with Crippen LogP contribution in [0.15, 0.2) is 29.8 Å². The maximum atomic E-state index is 11.4. The Morgan fingerprint density at radius 3 is 2.39 bits per heavy atom. The van der Waals surface area contributed by atoms with Crippen LogP contribution in [-0.2, 0) is 4.79 Å². The average molecular weight is 246 g/mol. The van der Waals surface area contributed by atoms with Gasteiger partial charge in [0.15, 0.2) is 0 Å². The monoisotopic (exact) mass is 246 g/mol. The second-order valence-corrected chi connectivity index (χ2v) is 5.26. The first-order valence-corrected chi connectivity index (χ1v) is 5.97. The molecule has 18 heavy (non-hydrogen) atoms. The summed E-state index contributed by atoms with van der Waals surface area (Å²) in [7, 11) is 0. The zero-order valence-electron chi connectivity index (χ0n) is 10.9. The van der Waals surface area contributed by atoms with Gasteiger partial charge in [0.25, 0.3) is 5.91 Å². The molecule has 1 saturated heterocycles. The van der Waals surface area contributed by atoms with Gasteiger partial charge in [-0.15, -0.1) is 0 Å². The summed E-state index contributed by atoms with van der Waals surface area (Å²) < 4.78 is 5.74. The Bertz CT molecular complexity index is 470. The van der Waals surface area contributed by atoms with Crippen molar-refractivity contribution in [2.75, 3.05) is 6.54 Å². The average Bonchev–Trinajstić information content (AvgIpc) is 2.65. The number of carbonyl (C=O) groups is 1. The highest BCUT2D eigenvalue weighted by molar-refractivity contribution is 5.99. The molecule has 1 aromatic carbocycles. The molecule has 4 nitrogen and oxygen atoms in total. The number of hydrogen-bond acceptors (Lipinski definition) is 3. The van der Waals surface area contributed by atoms with Gasteiger partial charge in [-0.1, -0.05) is 12.1 Å². The van der Waals surface area contributed by atoms with E-state index < -0.39 is 0 Å². The molecule has 1 aromatic rings. The van der Waals surface area contributed by atoms with Gasteiger partial charge in [0.05, 0.1) is 0 Å². The maximum absolute atomic E-state index is 11.4. The smallest absolute Gasteiger partial charge is 0.262 e. The van der Waals surface area contributed by atoms with Gasteiger partial charge in [-0.3, -0.25) is 10.2 Å². The summed E-state index contributed by atoms with van der Waals surface area (Å²) in [5, 5.41) is 0. The van der Waals surface area contributed by atoms with Crippen molar-refractivity contribution in [3.8, 4) is 5.75 Å². The second kappa shape index (κ2) is 4.82. The second-order valence-electron chi connectivity index (χ2n) is 5.26. The number of amides is 1. The van der Waals surface area contributed by atoms with Crippen LogP contribution in [0.25, 0.3) is 6.08 Å². The molecule has 2 rings (SSSR count). The molecule has 0 bridgehead atoms. The Morgan fingerprint density at radius 2 is 1.89 bits per heavy atom. The highest BCUT2D eigenvalue weighted by Gasteiger charge is 2.15. The van der Waals surface area contributed by atoms with E-state index in [0.29, 0.717) is 6.54 Å². The Labute approximate surface area is 107 Å². The molecule has 1 aliphatic heterocycles. The largest absolute Gasteiger partial charge is 0.488 e. The number of benzene rings is 1. The van der Waals surface area contributed by atoms with Crippen molar-refractivity contribution in [1.29, 1.82) is 0 Å². The minimum absolute atomic E-state index is 0.0648. The van der Waals surface area contributed by atoms with E-state index in [2.05, 4.69) is 10.9 Å². The molecular formula is C14H18N2O2. The molecule has 0 saturated carbocycles. The quantitative estimate of drug-likeness (QED) is 0.783. The van der Waals surface area contributed by atoms with Crippen molar-refractivity contribution in [2.24, 2.45) is 0 Å². The van der Waals surface area contributed by atoms with Crippen molar-refractivity contribution in [3.05, 3.63) is 35.4 Å². The van der Waals surface area contributed by atoms with E-state index in [1.165, 1.54) is 0 Å². The van der Waals surface area contributed by atoms with Gasteiger partial charge in [0.1, 0.15) is 11.4 Å². The highest BCUT2D eigenvalue weighted by Crippen LogP contribution is 2.19. The van der Waals surface area contributed by atoms with Gasteiger partial charge in [0, 0.05) is 12.1 Å². The van der Waals surface area contributed by atoms with Crippen molar-refractivity contribution in [2.45, 2.75) is 26.4 Å². The summed E-state index contributed by atoms with van der Waals surface area (Å²) in [6, 6.07) is 7.72. The van der Waals surface area contributed by atoms with E-state index in [0.717, 1.165) is 16.9 Å². The molecule has 2 N–H and O–H groups in total. The SMILES string of the molecule is CC(C)(C)Oc1ccc(/C=C2\CNNC2=O)cc1. The first-order chi connectivity index (χ1) is 8.44. The van der Waals surface area contributed by atoms with Crippen LogP contribution in [0.3, 0.4) is 0 Å². The van der Waals surface area contributed by atoms with E-state index in [1.807, 2.05) is 51.1 Å². The van der Waals surface area contributed by atoms with Crippen LogP contribution in [0.4, 0.5) is 0 Å². The first-order valence-electron chi connectivity index (χ1n) is 5.97. The summed E-state index contributed by atoms with van der Waals surface area (Å²) in [5.41, 5.74) is 6.87. The van der Waals surface area contributed by atoms with Crippen molar-refractivity contribution in [3.63, 3.8) is 0 Å². The van der Waals surface area contributed by atoms with Gasteiger partial charge >= 0.3 is 0 Å². The zero-order valence-corrected chi connectivity index (χ0v) is 10.9. The summed E-state index contributed by atoms with van der Waals surface area (Å²) in [6.45, 7) is 6.59. The van der Waals surface area contributed by atoms with Gasteiger partial charge < -0.3 is 4.74 Å². The molecule has 1 fully saturated rings. The lowest BCUT2D eigenvalue weighted by Crippen LogP contribution is -2.25. The van der Waals surface area contributed by atoms with Gasteiger partial charge in [-0.2, -0.15) is 0 Å². The lowest BCUT2D eigenvalue weighted by molar-refractivity contribution is -0.116. The number of hydrogen-bond donors (Lipinski definition) is 2. The molecule has 1 heterocycles. The number of hydrazine groups is 1. The standard InChI is InChI=1S/C14H18N2O2/c1-14(2,3)18-12-6-4-10(5-7-12)8-11-9-15-16-13(11)17/h4-8,15H,9H2,1-3H3,(H,16,17)/b11-8+. The molecule has 0 aliphatic carbocycles. The fourth-order valence-corrected chi connectivity index (χ4v) is 1.68. The molecule has 4 heteroatoms. The van der Waals surface area contributed by atoms with Crippen molar-refractivity contribution in [1.82, 2.24) is 10.9 Å². The number of nitrogens with one attached hydrogen (secondary N) is 2. The number of rotatable bonds is 2. The molecule has 96 valence electrons. The third kappa shape index (κ3) is 3.34. The van der Waals surface area contributed by atoms with Gasteiger partial charge in [-0.05, 0) is 44.5 Å². The van der Waals surface area contributed by atoms with Crippen LogP contribution in [-0.4, -0.2) is 18.1 Å². The zero-order chi connectivity index (χ0) is 13.2. The third-order valence-electron chi connectivity index (χ3n) is 2.42. The van der Waals surface area contributed by atoms with Crippen LogP contribution in [0.5, 0.6) is 5.75 Å². The molecule has 0 spiro atoms. The number of ether oxygens (including phenoxy) is 1. The first kappa shape index (κ1) is 12.6. The van der Waals surface area contributed by atoms with Gasteiger partial charge in [0.2, 0.25) is 0 Å². The summed E-state index contributed by atoms with van der Waals surface area (Å²) in [4.78, 5) is 11.4. The number of carbonyl (C=O) groups excluding carboxylic acids is 1.